The van der Waals surface area contributed by atoms with Crippen LogP contribution in [0, 0.1) is 5.82 Å². The van der Waals surface area contributed by atoms with Crippen LogP contribution in [-0.2, 0) is 11.2 Å². The van der Waals surface area contributed by atoms with Gasteiger partial charge in [0.2, 0.25) is 5.91 Å². The third kappa shape index (κ3) is 2.74. The first-order valence-electron chi connectivity index (χ1n) is 7.39. The Bertz CT molecular complexity index is 983. The van der Waals surface area contributed by atoms with Gasteiger partial charge in [0.25, 0.3) is 5.91 Å². The number of benzene rings is 2. The number of nitrogens with one attached hydrogen (secondary N) is 2. The lowest BCUT2D eigenvalue weighted by atomic mass is 10.0. The summed E-state index contributed by atoms with van der Waals surface area (Å²) in [4.78, 5) is 28.1. The molecule has 0 radical (unpaired) electrons. The van der Waals surface area contributed by atoms with Crippen molar-refractivity contribution in [3.63, 3.8) is 0 Å². The van der Waals surface area contributed by atoms with Crippen molar-refractivity contribution in [2.45, 2.75) is 12.8 Å². The largest absolute Gasteiger partial charge is 0.326 e. The van der Waals surface area contributed by atoms with E-state index in [1.165, 1.54) is 23.5 Å². The van der Waals surface area contributed by atoms with Crippen molar-refractivity contribution in [1.82, 2.24) is 4.98 Å². The van der Waals surface area contributed by atoms with Crippen LogP contribution in [0.15, 0.2) is 36.4 Å². The summed E-state index contributed by atoms with van der Waals surface area (Å²) in [5.41, 5.74) is 2.83. The minimum atomic E-state index is -0.333. The quantitative estimate of drug-likeness (QED) is 0.748. The van der Waals surface area contributed by atoms with Gasteiger partial charge >= 0.3 is 0 Å². The lowest BCUT2D eigenvalue weighted by Crippen LogP contribution is -2.20. The number of anilines is 2. The van der Waals surface area contributed by atoms with Crippen molar-refractivity contribution in [2.75, 3.05) is 10.6 Å². The molecule has 5 nitrogen and oxygen atoms in total. The van der Waals surface area contributed by atoms with E-state index in [-0.39, 0.29) is 17.6 Å². The molecule has 1 aliphatic rings. The van der Waals surface area contributed by atoms with Crippen LogP contribution in [0.4, 0.5) is 15.2 Å². The third-order valence-corrected chi connectivity index (χ3v) is 4.77. The first-order chi connectivity index (χ1) is 11.6. The number of aromatic nitrogens is 1. The number of hydrogen-bond donors (Lipinski definition) is 2. The van der Waals surface area contributed by atoms with Crippen molar-refractivity contribution in [3.8, 4) is 0 Å². The molecule has 2 aromatic carbocycles. The fourth-order valence-corrected chi connectivity index (χ4v) is 3.53. The van der Waals surface area contributed by atoms with E-state index < -0.39 is 0 Å². The highest BCUT2D eigenvalue weighted by Gasteiger charge is 2.17. The van der Waals surface area contributed by atoms with Crippen molar-refractivity contribution in [1.29, 1.82) is 0 Å². The average Bonchev–Trinajstić information content (AvgIpc) is 2.95. The highest BCUT2D eigenvalue weighted by Crippen LogP contribution is 2.28. The highest BCUT2D eigenvalue weighted by atomic mass is 32.1. The lowest BCUT2D eigenvalue weighted by Gasteiger charge is -2.17. The minimum Gasteiger partial charge on any atom is -0.326 e. The van der Waals surface area contributed by atoms with Gasteiger partial charge in [-0.3, -0.25) is 14.9 Å². The Morgan fingerprint density at radius 3 is 2.96 bits per heavy atom. The molecule has 1 aromatic heterocycles. The predicted octanol–water partition coefficient (Wildman–Crippen LogP) is 3.57. The van der Waals surface area contributed by atoms with E-state index >= 15 is 0 Å². The van der Waals surface area contributed by atoms with Crippen LogP contribution < -0.4 is 10.6 Å². The van der Waals surface area contributed by atoms with Crippen LogP contribution in [-0.4, -0.2) is 16.8 Å². The minimum absolute atomic E-state index is 0.0126. The number of carbonyl (C=O) groups excluding carboxylic acids is 2. The molecule has 2 N–H and O–H groups in total. The van der Waals surface area contributed by atoms with Crippen molar-refractivity contribution in [3.05, 3.63) is 53.3 Å². The predicted molar refractivity (Wildman–Crippen MR) is 90.9 cm³/mol. The van der Waals surface area contributed by atoms with Gasteiger partial charge < -0.3 is 5.32 Å². The van der Waals surface area contributed by atoms with Crippen LogP contribution in [0.1, 0.15) is 22.3 Å². The molecule has 0 spiro atoms. The first kappa shape index (κ1) is 14.8. The zero-order valence-electron chi connectivity index (χ0n) is 12.4. The molecule has 24 heavy (non-hydrogen) atoms. The van der Waals surface area contributed by atoms with Crippen LogP contribution in [0.3, 0.4) is 0 Å². The number of carbonyl (C=O) groups is 2. The molecule has 120 valence electrons. The molecule has 7 heteroatoms. The molecule has 1 aliphatic heterocycles. The third-order valence-electron chi connectivity index (χ3n) is 3.83. The summed E-state index contributed by atoms with van der Waals surface area (Å²) in [6, 6.07) is 9.48. The zero-order valence-corrected chi connectivity index (χ0v) is 13.2. The van der Waals surface area contributed by atoms with E-state index in [0.717, 1.165) is 11.3 Å². The van der Waals surface area contributed by atoms with Gasteiger partial charge in [0.15, 0.2) is 5.13 Å². The zero-order chi connectivity index (χ0) is 16.7. The Kier molecular flexibility index (Phi) is 3.50. The summed E-state index contributed by atoms with van der Waals surface area (Å²) in [5.74, 6) is -0.628. The Balaban J connectivity index is 1.58. The summed E-state index contributed by atoms with van der Waals surface area (Å²) < 4.78 is 13.9. The smallest absolute Gasteiger partial charge is 0.257 e. The molecule has 0 bridgehead atoms. The fraction of sp³-hybridized carbons (Fsp3) is 0.118. The number of halogens is 1. The second kappa shape index (κ2) is 5.68. The average molecular weight is 341 g/mol. The van der Waals surface area contributed by atoms with Crippen molar-refractivity contribution >= 4 is 44.2 Å². The number of amides is 2. The number of rotatable bonds is 2. The number of aryl methyl sites for hydroxylation is 1. The second-order valence-electron chi connectivity index (χ2n) is 5.51. The lowest BCUT2D eigenvalue weighted by molar-refractivity contribution is -0.116. The SMILES string of the molecule is O=C1CCc2cc(C(=O)Nc3nc4ccc(F)cc4s3)ccc2N1. The van der Waals surface area contributed by atoms with Crippen LogP contribution in [0.2, 0.25) is 0 Å². The monoisotopic (exact) mass is 341 g/mol. The van der Waals surface area contributed by atoms with E-state index in [9.17, 15) is 14.0 Å². The summed E-state index contributed by atoms with van der Waals surface area (Å²) in [6.07, 6.45) is 1.03. The number of fused-ring (bicyclic) bond motifs is 2. The van der Waals surface area contributed by atoms with Crippen LogP contribution in [0.5, 0.6) is 0 Å². The molecule has 0 saturated carbocycles. The molecule has 2 amide bonds. The molecule has 4 rings (SSSR count). The highest BCUT2D eigenvalue weighted by molar-refractivity contribution is 7.22. The van der Waals surface area contributed by atoms with E-state index in [4.69, 9.17) is 0 Å². The first-order valence-corrected chi connectivity index (χ1v) is 8.20. The number of thiazole rings is 1. The molecule has 0 unspecified atom stereocenters. The van der Waals surface area contributed by atoms with Crippen LogP contribution >= 0.6 is 11.3 Å². The van der Waals surface area contributed by atoms with Crippen molar-refractivity contribution < 1.29 is 14.0 Å². The van der Waals surface area contributed by atoms with Gasteiger partial charge in [0.1, 0.15) is 5.82 Å². The molecule has 2 heterocycles. The molecule has 0 aliphatic carbocycles. The van der Waals surface area contributed by atoms with Gasteiger partial charge in [-0.05, 0) is 48.4 Å². The molecule has 0 atom stereocenters. The van der Waals surface area contributed by atoms with Gasteiger partial charge in [0, 0.05) is 17.7 Å². The summed E-state index contributed by atoms with van der Waals surface area (Å²) in [7, 11) is 0. The number of nitrogens with zero attached hydrogens (tertiary/aromatic N) is 1. The molecular formula is C17H12FN3O2S. The Hall–Kier alpha value is -2.80. The Morgan fingerprint density at radius 1 is 1.21 bits per heavy atom. The maximum atomic E-state index is 13.2. The van der Waals surface area contributed by atoms with Crippen LogP contribution in [0.25, 0.3) is 10.2 Å². The summed E-state index contributed by atoms with van der Waals surface area (Å²) in [6.45, 7) is 0. The summed E-state index contributed by atoms with van der Waals surface area (Å²) >= 11 is 1.22. The van der Waals surface area contributed by atoms with Gasteiger partial charge in [-0.2, -0.15) is 0 Å². The molecule has 3 aromatic rings. The molecular weight excluding hydrogens is 329 g/mol. The Labute approximate surface area is 140 Å². The fourth-order valence-electron chi connectivity index (χ4n) is 2.65. The molecule has 0 saturated heterocycles. The maximum absolute atomic E-state index is 13.2. The number of hydrogen-bond acceptors (Lipinski definition) is 4. The maximum Gasteiger partial charge on any atom is 0.257 e. The van der Waals surface area contributed by atoms with Gasteiger partial charge in [0.05, 0.1) is 10.2 Å². The standard InChI is InChI=1S/C17H12FN3O2S/c18-11-3-5-13-14(8-11)24-17(20-13)21-16(23)10-1-4-12-9(7-10)2-6-15(22)19-12/h1,3-5,7-8H,2,6H2,(H,19,22)(H,20,21,23). The van der Waals surface area contributed by atoms with E-state index in [2.05, 4.69) is 15.6 Å². The normalized spacial score (nSPS) is 13.5. The van der Waals surface area contributed by atoms with E-state index in [1.54, 1.807) is 24.3 Å². The van der Waals surface area contributed by atoms with E-state index in [1.807, 2.05) is 0 Å². The topological polar surface area (TPSA) is 71.1 Å². The van der Waals surface area contributed by atoms with Crippen molar-refractivity contribution in [2.24, 2.45) is 0 Å². The molecule has 0 fully saturated rings. The van der Waals surface area contributed by atoms with Gasteiger partial charge in [-0.15, -0.1) is 0 Å². The van der Waals surface area contributed by atoms with Gasteiger partial charge in [-0.25, -0.2) is 9.37 Å². The Morgan fingerprint density at radius 2 is 2.08 bits per heavy atom. The van der Waals surface area contributed by atoms with Gasteiger partial charge in [-0.1, -0.05) is 11.3 Å². The summed E-state index contributed by atoms with van der Waals surface area (Å²) in [5, 5.41) is 5.95. The van der Waals surface area contributed by atoms with E-state index in [0.29, 0.717) is 33.8 Å². The second-order valence-corrected chi connectivity index (χ2v) is 6.54.